The maximum absolute atomic E-state index is 13.2. The number of aromatic nitrogens is 4. The van der Waals surface area contributed by atoms with Crippen LogP contribution in [-0.4, -0.2) is 57.4 Å². The van der Waals surface area contributed by atoms with Crippen LogP contribution >= 0.6 is 0 Å². The SMILES string of the molecule is CCOC(=O)N[C@H]1CC[C@H](NC(=O)c2cc(-c3ccnc(OC)c3)n3ncnc(N)c23)CC1. The quantitative estimate of drug-likeness (QED) is 0.515. The maximum atomic E-state index is 13.2. The molecule has 0 atom stereocenters. The van der Waals surface area contributed by atoms with Gasteiger partial charge in [0.2, 0.25) is 5.88 Å². The molecule has 0 saturated heterocycles. The van der Waals surface area contributed by atoms with E-state index >= 15 is 0 Å². The third-order valence-electron chi connectivity index (χ3n) is 5.73. The van der Waals surface area contributed by atoms with Gasteiger partial charge in [-0.2, -0.15) is 5.10 Å². The number of carbonyl (C=O) groups is 2. The van der Waals surface area contributed by atoms with E-state index in [1.165, 1.54) is 6.33 Å². The Bertz CT molecular complexity index is 1150. The molecule has 1 aliphatic rings. The number of amides is 2. The fourth-order valence-corrected chi connectivity index (χ4v) is 4.11. The molecule has 1 fully saturated rings. The van der Waals surface area contributed by atoms with Crippen molar-refractivity contribution in [3.8, 4) is 17.1 Å². The number of anilines is 1. The highest BCUT2D eigenvalue weighted by atomic mass is 16.5. The number of nitrogens with zero attached hydrogens (tertiary/aromatic N) is 4. The minimum absolute atomic E-state index is 0.0111. The molecule has 0 bridgehead atoms. The summed E-state index contributed by atoms with van der Waals surface area (Å²) < 4.78 is 11.8. The van der Waals surface area contributed by atoms with Gasteiger partial charge >= 0.3 is 6.09 Å². The molecule has 3 heterocycles. The normalized spacial score (nSPS) is 18.0. The van der Waals surface area contributed by atoms with Gasteiger partial charge in [-0.3, -0.25) is 4.79 Å². The van der Waals surface area contributed by atoms with Gasteiger partial charge in [0.05, 0.1) is 25.0 Å². The zero-order chi connectivity index (χ0) is 23.4. The predicted molar refractivity (Wildman–Crippen MR) is 121 cm³/mol. The Balaban J connectivity index is 1.53. The van der Waals surface area contributed by atoms with Crippen LogP contribution in [0.25, 0.3) is 16.8 Å². The van der Waals surface area contributed by atoms with Gasteiger partial charge in [-0.15, -0.1) is 0 Å². The average Bonchev–Trinajstić information content (AvgIpc) is 3.22. The molecular formula is C22H27N7O4. The van der Waals surface area contributed by atoms with Gasteiger partial charge < -0.3 is 25.8 Å². The van der Waals surface area contributed by atoms with Crippen LogP contribution in [-0.2, 0) is 4.74 Å². The molecule has 0 aromatic carbocycles. The summed E-state index contributed by atoms with van der Waals surface area (Å²) >= 11 is 0. The van der Waals surface area contributed by atoms with Crippen molar-refractivity contribution in [3.05, 3.63) is 36.3 Å². The third-order valence-corrected chi connectivity index (χ3v) is 5.73. The Hall–Kier alpha value is -3.89. The largest absolute Gasteiger partial charge is 0.481 e. The number of alkyl carbamates (subject to hydrolysis) is 1. The van der Waals surface area contributed by atoms with Crippen LogP contribution in [0.15, 0.2) is 30.7 Å². The molecule has 0 spiro atoms. The number of hydrogen-bond donors (Lipinski definition) is 3. The van der Waals surface area contributed by atoms with E-state index in [0.717, 1.165) is 31.2 Å². The summed E-state index contributed by atoms with van der Waals surface area (Å²) in [7, 11) is 1.54. The Labute approximate surface area is 190 Å². The van der Waals surface area contributed by atoms with E-state index in [1.54, 1.807) is 36.9 Å². The Morgan fingerprint density at radius 1 is 1.15 bits per heavy atom. The van der Waals surface area contributed by atoms with Gasteiger partial charge in [0.1, 0.15) is 11.8 Å². The summed E-state index contributed by atoms with van der Waals surface area (Å²) in [4.78, 5) is 33.1. The van der Waals surface area contributed by atoms with Crippen LogP contribution in [0.3, 0.4) is 0 Å². The van der Waals surface area contributed by atoms with Gasteiger partial charge in [0.25, 0.3) is 5.91 Å². The van der Waals surface area contributed by atoms with Crippen molar-refractivity contribution in [2.24, 2.45) is 0 Å². The summed E-state index contributed by atoms with van der Waals surface area (Å²) in [6, 6.07) is 5.35. The Morgan fingerprint density at radius 2 is 1.88 bits per heavy atom. The molecule has 2 amide bonds. The van der Waals surface area contributed by atoms with Crippen LogP contribution < -0.4 is 21.1 Å². The molecule has 3 aromatic rings. The molecule has 1 saturated carbocycles. The molecule has 0 aliphatic heterocycles. The molecule has 1 aliphatic carbocycles. The van der Waals surface area contributed by atoms with E-state index in [0.29, 0.717) is 29.3 Å². The first-order valence-electron chi connectivity index (χ1n) is 10.9. The summed E-state index contributed by atoms with van der Waals surface area (Å²) in [5.74, 6) is 0.413. The van der Waals surface area contributed by atoms with Crippen LogP contribution in [0.4, 0.5) is 10.6 Å². The lowest BCUT2D eigenvalue weighted by Crippen LogP contribution is -2.44. The highest BCUT2D eigenvalue weighted by Crippen LogP contribution is 2.29. The fraction of sp³-hybridized carbons (Fsp3) is 0.409. The van der Waals surface area contributed by atoms with E-state index in [1.807, 2.05) is 6.07 Å². The van der Waals surface area contributed by atoms with Gasteiger partial charge in [-0.05, 0) is 44.7 Å². The molecule has 0 radical (unpaired) electrons. The first kappa shape index (κ1) is 22.3. The second-order valence-corrected chi connectivity index (χ2v) is 7.82. The maximum Gasteiger partial charge on any atom is 0.407 e. The summed E-state index contributed by atoms with van der Waals surface area (Å²) in [6.45, 7) is 2.11. The average molecular weight is 454 g/mol. The topological polar surface area (TPSA) is 146 Å². The third kappa shape index (κ3) is 4.81. The zero-order valence-corrected chi connectivity index (χ0v) is 18.6. The zero-order valence-electron chi connectivity index (χ0n) is 18.6. The van der Waals surface area contributed by atoms with E-state index in [9.17, 15) is 9.59 Å². The Kier molecular flexibility index (Phi) is 6.57. The van der Waals surface area contributed by atoms with Crippen molar-refractivity contribution in [3.63, 3.8) is 0 Å². The van der Waals surface area contributed by atoms with Crippen LogP contribution in [0.5, 0.6) is 5.88 Å². The van der Waals surface area contributed by atoms with E-state index < -0.39 is 6.09 Å². The van der Waals surface area contributed by atoms with Crippen molar-refractivity contribution < 1.29 is 19.1 Å². The van der Waals surface area contributed by atoms with Gasteiger partial charge in [-0.1, -0.05) is 0 Å². The first-order chi connectivity index (χ1) is 16.0. The van der Waals surface area contributed by atoms with Gasteiger partial charge in [0.15, 0.2) is 5.82 Å². The number of methoxy groups -OCH3 is 1. The number of fused-ring (bicyclic) bond motifs is 1. The van der Waals surface area contributed by atoms with Crippen molar-refractivity contribution in [2.45, 2.75) is 44.7 Å². The molecule has 0 unspecified atom stereocenters. The van der Waals surface area contributed by atoms with Crippen LogP contribution in [0, 0.1) is 0 Å². The number of carbonyl (C=O) groups excluding carboxylic acids is 2. The Morgan fingerprint density at radius 3 is 2.58 bits per heavy atom. The van der Waals surface area contributed by atoms with Crippen molar-refractivity contribution in [2.75, 3.05) is 19.5 Å². The monoisotopic (exact) mass is 453 g/mol. The fourth-order valence-electron chi connectivity index (χ4n) is 4.11. The van der Waals surface area contributed by atoms with Crippen LogP contribution in [0.1, 0.15) is 43.0 Å². The van der Waals surface area contributed by atoms with Gasteiger partial charge in [0, 0.05) is 29.9 Å². The number of pyridine rings is 1. The summed E-state index contributed by atoms with van der Waals surface area (Å²) in [6.07, 6.45) is 5.58. The first-order valence-corrected chi connectivity index (χ1v) is 10.9. The molecule has 4 N–H and O–H groups in total. The highest BCUT2D eigenvalue weighted by molar-refractivity contribution is 6.05. The van der Waals surface area contributed by atoms with E-state index in [2.05, 4.69) is 25.7 Å². The molecule has 11 nitrogen and oxygen atoms in total. The minimum atomic E-state index is -0.402. The number of ether oxygens (including phenoxy) is 2. The number of rotatable bonds is 6. The molecule has 33 heavy (non-hydrogen) atoms. The lowest BCUT2D eigenvalue weighted by atomic mass is 9.91. The number of hydrogen-bond acceptors (Lipinski definition) is 8. The number of nitrogens with one attached hydrogen (secondary N) is 2. The number of nitrogens with two attached hydrogens (primary N) is 1. The molecule has 4 rings (SSSR count). The molecule has 3 aromatic heterocycles. The molecule has 174 valence electrons. The number of nitrogen functional groups attached to an aromatic ring is 1. The lowest BCUT2D eigenvalue weighted by molar-refractivity contribution is 0.0923. The second-order valence-electron chi connectivity index (χ2n) is 7.82. The minimum Gasteiger partial charge on any atom is -0.481 e. The van der Waals surface area contributed by atoms with Gasteiger partial charge in [-0.25, -0.2) is 19.3 Å². The highest BCUT2D eigenvalue weighted by Gasteiger charge is 2.26. The standard InChI is InChI=1S/C22H27N7O4/c1-3-33-22(31)28-15-6-4-14(5-7-15)27-21(30)16-11-17(13-8-9-24-18(10-13)32-2)29-19(16)20(23)25-12-26-29/h8-12,14-15H,3-7H2,1-2H3,(H,27,30)(H,28,31)(H2,23,25,26)/t14-,15-. The second kappa shape index (κ2) is 9.72. The molecular weight excluding hydrogens is 426 g/mol. The van der Waals surface area contributed by atoms with Crippen molar-refractivity contribution in [1.82, 2.24) is 30.2 Å². The summed E-state index contributed by atoms with van der Waals surface area (Å²) in [5, 5.41) is 10.3. The van der Waals surface area contributed by atoms with Crippen molar-refractivity contribution >= 4 is 23.3 Å². The lowest BCUT2D eigenvalue weighted by Gasteiger charge is -2.29. The van der Waals surface area contributed by atoms with Crippen molar-refractivity contribution in [1.29, 1.82) is 0 Å². The van der Waals surface area contributed by atoms with E-state index in [4.69, 9.17) is 15.2 Å². The van der Waals surface area contributed by atoms with E-state index in [-0.39, 0.29) is 23.8 Å². The van der Waals surface area contributed by atoms with Crippen LogP contribution in [0.2, 0.25) is 0 Å². The summed E-state index contributed by atoms with van der Waals surface area (Å²) in [5.41, 5.74) is 8.41. The molecule has 11 heteroatoms. The smallest absolute Gasteiger partial charge is 0.407 e. The predicted octanol–water partition coefficient (Wildman–Crippen LogP) is 2.17.